The second-order valence-electron chi connectivity index (χ2n) is 5.95. The number of nitrogens with two attached hydrogens (primary N) is 1. The number of para-hydroxylation sites is 1. The van der Waals surface area contributed by atoms with Crippen LogP contribution in [0.15, 0.2) is 18.2 Å². The van der Waals surface area contributed by atoms with Crippen LogP contribution in [0.4, 0.5) is 11.4 Å². The predicted octanol–water partition coefficient (Wildman–Crippen LogP) is 2.56. The van der Waals surface area contributed by atoms with E-state index in [2.05, 4.69) is 23.2 Å². The van der Waals surface area contributed by atoms with Crippen LogP contribution in [0.1, 0.15) is 26.2 Å². The van der Waals surface area contributed by atoms with E-state index < -0.39 is 0 Å². The van der Waals surface area contributed by atoms with E-state index in [0.717, 1.165) is 36.0 Å². The van der Waals surface area contributed by atoms with Crippen LogP contribution in [0.5, 0.6) is 5.75 Å². The van der Waals surface area contributed by atoms with E-state index in [0.29, 0.717) is 12.6 Å². The molecule has 3 heterocycles. The third kappa shape index (κ3) is 2.70. The molecule has 1 aromatic rings. The number of piperidine rings is 3. The highest BCUT2D eigenvalue weighted by atomic mass is 16.5. The number of nitrogens with one attached hydrogen (secondary N) is 1. The Bertz CT molecular complexity index is 455. The fourth-order valence-electron chi connectivity index (χ4n) is 3.34. The zero-order valence-corrected chi connectivity index (χ0v) is 12.3. The van der Waals surface area contributed by atoms with E-state index in [4.69, 9.17) is 10.5 Å². The molecule has 1 atom stereocenters. The third-order valence-electron chi connectivity index (χ3n) is 4.52. The number of hydrogen-bond acceptors (Lipinski definition) is 4. The molecule has 4 heteroatoms. The van der Waals surface area contributed by atoms with Gasteiger partial charge in [-0.15, -0.1) is 0 Å². The quantitative estimate of drug-likeness (QED) is 0.811. The van der Waals surface area contributed by atoms with Gasteiger partial charge in [0, 0.05) is 12.6 Å². The lowest BCUT2D eigenvalue weighted by molar-refractivity contribution is 0.0975. The Hall–Kier alpha value is -1.42. The van der Waals surface area contributed by atoms with Crippen LogP contribution in [0, 0.1) is 5.92 Å². The molecule has 0 spiro atoms. The van der Waals surface area contributed by atoms with Gasteiger partial charge in [-0.3, -0.25) is 0 Å². The number of benzene rings is 1. The molecule has 3 N–H and O–H groups in total. The molecular formula is C16H25N3O. The molecule has 0 aliphatic carbocycles. The molecule has 4 rings (SSSR count). The lowest BCUT2D eigenvalue weighted by atomic mass is 9.84. The molecule has 4 nitrogen and oxygen atoms in total. The number of rotatable bonds is 5. The molecule has 3 saturated heterocycles. The highest BCUT2D eigenvalue weighted by Crippen LogP contribution is 2.34. The number of fused-ring (bicyclic) bond motifs is 3. The molecule has 3 aliphatic rings. The molecule has 0 saturated carbocycles. The van der Waals surface area contributed by atoms with Crippen LogP contribution in [-0.2, 0) is 0 Å². The van der Waals surface area contributed by atoms with Crippen molar-refractivity contribution in [3.8, 4) is 5.75 Å². The van der Waals surface area contributed by atoms with Crippen LogP contribution in [0.3, 0.4) is 0 Å². The second kappa shape index (κ2) is 5.92. The summed E-state index contributed by atoms with van der Waals surface area (Å²) in [6, 6.07) is 6.56. The summed E-state index contributed by atoms with van der Waals surface area (Å²) in [7, 11) is 0. The highest BCUT2D eigenvalue weighted by Gasteiger charge is 2.34. The fourth-order valence-corrected chi connectivity index (χ4v) is 3.34. The van der Waals surface area contributed by atoms with E-state index >= 15 is 0 Å². The minimum Gasteiger partial charge on any atom is -0.491 e. The van der Waals surface area contributed by atoms with Gasteiger partial charge in [-0.1, -0.05) is 13.0 Å². The van der Waals surface area contributed by atoms with E-state index in [1.807, 2.05) is 12.1 Å². The minimum atomic E-state index is 0.529. The third-order valence-corrected chi connectivity index (χ3v) is 4.52. The number of ether oxygens (including phenoxy) is 1. The Labute approximate surface area is 121 Å². The predicted molar refractivity (Wildman–Crippen MR) is 83.2 cm³/mol. The number of nitrogens with zero attached hydrogens (tertiary/aromatic N) is 1. The van der Waals surface area contributed by atoms with Gasteiger partial charge in [0.25, 0.3) is 0 Å². The topological polar surface area (TPSA) is 50.5 Å². The van der Waals surface area contributed by atoms with E-state index in [1.165, 1.54) is 25.9 Å². The van der Waals surface area contributed by atoms with Crippen LogP contribution >= 0.6 is 0 Å². The number of hydrogen-bond donors (Lipinski definition) is 2. The van der Waals surface area contributed by atoms with Gasteiger partial charge in [-0.25, -0.2) is 0 Å². The first kappa shape index (κ1) is 13.6. The maximum absolute atomic E-state index is 6.24. The summed E-state index contributed by atoms with van der Waals surface area (Å²) in [5, 5.41) is 3.65. The van der Waals surface area contributed by atoms with E-state index in [9.17, 15) is 0 Å². The number of nitrogen functional groups attached to an aromatic ring is 1. The van der Waals surface area contributed by atoms with Crippen LogP contribution in [0.25, 0.3) is 0 Å². The molecular weight excluding hydrogens is 250 g/mol. The number of anilines is 2. The maximum Gasteiger partial charge on any atom is 0.144 e. The average Bonchev–Trinajstić information content (AvgIpc) is 2.49. The summed E-state index contributed by atoms with van der Waals surface area (Å²) in [6.07, 6.45) is 3.62. The summed E-state index contributed by atoms with van der Waals surface area (Å²) >= 11 is 0. The summed E-state index contributed by atoms with van der Waals surface area (Å²) in [5.74, 6) is 1.60. The molecule has 110 valence electrons. The van der Waals surface area contributed by atoms with Crippen molar-refractivity contribution in [1.82, 2.24) is 4.90 Å². The first-order valence-electron chi connectivity index (χ1n) is 7.78. The Kier molecular flexibility index (Phi) is 4.01. The zero-order valence-electron chi connectivity index (χ0n) is 12.3. The van der Waals surface area contributed by atoms with Crippen molar-refractivity contribution in [3.63, 3.8) is 0 Å². The Balaban J connectivity index is 1.71. The molecule has 3 aliphatic heterocycles. The first-order valence-corrected chi connectivity index (χ1v) is 7.78. The zero-order chi connectivity index (χ0) is 13.9. The maximum atomic E-state index is 6.24. The standard InChI is InChI=1S/C16H25N3O/c1-2-10-20-15-5-3-4-13(16(15)17)18-14-11-19-8-6-12(14)7-9-19/h3-5,12,14,18H,2,6-11,17H2,1H3. The molecule has 3 fully saturated rings. The fraction of sp³-hybridized carbons (Fsp3) is 0.625. The van der Waals surface area contributed by atoms with E-state index in [-0.39, 0.29) is 0 Å². The van der Waals surface area contributed by atoms with Gasteiger partial charge in [0.05, 0.1) is 18.0 Å². The average molecular weight is 275 g/mol. The summed E-state index contributed by atoms with van der Waals surface area (Å²) in [5.41, 5.74) is 8.01. The normalized spacial score (nSPS) is 28.4. The summed E-state index contributed by atoms with van der Waals surface area (Å²) in [6.45, 7) is 6.49. The van der Waals surface area contributed by atoms with Crippen molar-refractivity contribution in [1.29, 1.82) is 0 Å². The molecule has 2 bridgehead atoms. The minimum absolute atomic E-state index is 0.529. The Morgan fingerprint density at radius 1 is 1.35 bits per heavy atom. The van der Waals surface area contributed by atoms with Gasteiger partial charge in [-0.2, -0.15) is 0 Å². The molecule has 1 aromatic carbocycles. The van der Waals surface area contributed by atoms with Crippen molar-refractivity contribution in [2.75, 3.05) is 37.3 Å². The largest absolute Gasteiger partial charge is 0.491 e. The van der Waals surface area contributed by atoms with Crippen molar-refractivity contribution in [2.24, 2.45) is 5.92 Å². The Morgan fingerprint density at radius 3 is 2.80 bits per heavy atom. The molecule has 20 heavy (non-hydrogen) atoms. The smallest absolute Gasteiger partial charge is 0.144 e. The van der Waals surface area contributed by atoms with Crippen molar-refractivity contribution in [2.45, 2.75) is 32.2 Å². The van der Waals surface area contributed by atoms with Gasteiger partial charge in [-0.05, 0) is 50.4 Å². The van der Waals surface area contributed by atoms with Crippen LogP contribution in [0.2, 0.25) is 0 Å². The van der Waals surface area contributed by atoms with Crippen LogP contribution < -0.4 is 15.8 Å². The van der Waals surface area contributed by atoms with E-state index in [1.54, 1.807) is 0 Å². The van der Waals surface area contributed by atoms with Gasteiger partial charge < -0.3 is 20.7 Å². The van der Waals surface area contributed by atoms with Crippen molar-refractivity contribution >= 4 is 11.4 Å². The monoisotopic (exact) mass is 275 g/mol. The Morgan fingerprint density at radius 2 is 2.15 bits per heavy atom. The van der Waals surface area contributed by atoms with Gasteiger partial charge in [0.1, 0.15) is 5.75 Å². The van der Waals surface area contributed by atoms with Gasteiger partial charge in [0.2, 0.25) is 0 Å². The molecule has 0 amide bonds. The summed E-state index contributed by atoms with van der Waals surface area (Å²) < 4.78 is 5.70. The molecule has 1 unspecified atom stereocenters. The SMILES string of the molecule is CCCOc1cccc(NC2CN3CCC2CC3)c1N. The van der Waals surface area contributed by atoms with Crippen molar-refractivity contribution in [3.05, 3.63) is 18.2 Å². The van der Waals surface area contributed by atoms with Crippen molar-refractivity contribution < 1.29 is 4.74 Å². The lowest BCUT2D eigenvalue weighted by Crippen LogP contribution is -2.53. The van der Waals surface area contributed by atoms with Gasteiger partial charge in [0.15, 0.2) is 0 Å². The van der Waals surface area contributed by atoms with Gasteiger partial charge >= 0.3 is 0 Å². The molecule has 0 aromatic heterocycles. The summed E-state index contributed by atoms with van der Waals surface area (Å²) in [4.78, 5) is 2.55. The molecule has 0 radical (unpaired) electrons. The second-order valence-corrected chi connectivity index (χ2v) is 5.95. The highest BCUT2D eigenvalue weighted by molar-refractivity contribution is 5.73. The first-order chi connectivity index (χ1) is 9.78. The van der Waals surface area contributed by atoms with Crippen LogP contribution in [-0.4, -0.2) is 37.2 Å². The lowest BCUT2D eigenvalue weighted by Gasteiger charge is -2.45.